The quantitative estimate of drug-likeness (QED) is 0.163. The van der Waals surface area contributed by atoms with E-state index < -0.39 is 0 Å². The second kappa shape index (κ2) is 12.9. The standard InChI is InChI=1S/C52H37N3O2/c1-52(2)44-24-14-12-22-40(44)41-28-26-38(31-45(41)52)55(36-20-10-5-11-21-36)47-33-39(32-46-50(47)57-51(53-46)34-16-6-3-7-17-34)54(35-18-8-4-9-19-35)37-27-29-49-43(30-37)42-23-13-15-25-48(42)56-49/h3-33H,1-2H3. The van der Waals surface area contributed by atoms with Gasteiger partial charge in [0.25, 0.3) is 0 Å². The fourth-order valence-electron chi connectivity index (χ4n) is 8.71. The van der Waals surface area contributed by atoms with E-state index in [1.54, 1.807) is 0 Å². The summed E-state index contributed by atoms with van der Waals surface area (Å²) >= 11 is 0. The minimum absolute atomic E-state index is 0.172. The van der Waals surface area contributed by atoms with Crippen molar-refractivity contribution in [3.05, 3.63) is 199 Å². The number of aromatic nitrogens is 1. The highest BCUT2D eigenvalue weighted by Gasteiger charge is 2.36. The molecule has 1 aliphatic rings. The summed E-state index contributed by atoms with van der Waals surface area (Å²) in [6, 6.07) is 65.9. The van der Waals surface area contributed by atoms with Crippen LogP contribution in [-0.4, -0.2) is 4.98 Å². The molecule has 0 saturated heterocycles. The molecule has 0 N–H and O–H groups in total. The van der Waals surface area contributed by atoms with Crippen LogP contribution < -0.4 is 9.80 Å². The first-order valence-electron chi connectivity index (χ1n) is 19.4. The summed E-state index contributed by atoms with van der Waals surface area (Å²) in [5.74, 6) is 0.570. The van der Waals surface area contributed by atoms with Crippen LogP contribution in [0.4, 0.5) is 34.1 Å². The van der Waals surface area contributed by atoms with Gasteiger partial charge in [-0.1, -0.05) is 117 Å². The Labute approximate surface area is 330 Å². The van der Waals surface area contributed by atoms with Gasteiger partial charge in [-0.2, -0.15) is 0 Å². The molecule has 0 saturated carbocycles. The van der Waals surface area contributed by atoms with Gasteiger partial charge in [-0.3, -0.25) is 0 Å². The molecule has 0 unspecified atom stereocenters. The van der Waals surface area contributed by atoms with Gasteiger partial charge in [0.1, 0.15) is 16.7 Å². The van der Waals surface area contributed by atoms with Gasteiger partial charge >= 0.3 is 0 Å². The van der Waals surface area contributed by atoms with Crippen molar-refractivity contribution in [1.29, 1.82) is 0 Å². The van der Waals surface area contributed by atoms with E-state index >= 15 is 0 Å². The average molecular weight is 736 g/mol. The lowest BCUT2D eigenvalue weighted by Crippen LogP contribution is -2.17. The van der Waals surface area contributed by atoms with Crippen LogP contribution in [0.1, 0.15) is 25.0 Å². The summed E-state index contributed by atoms with van der Waals surface area (Å²) in [7, 11) is 0. The zero-order chi connectivity index (χ0) is 38.1. The summed E-state index contributed by atoms with van der Waals surface area (Å²) < 4.78 is 13.1. The molecule has 11 rings (SSSR count). The number of hydrogen-bond acceptors (Lipinski definition) is 5. The highest BCUT2D eigenvalue weighted by atomic mass is 16.3. The molecule has 5 nitrogen and oxygen atoms in total. The molecule has 272 valence electrons. The predicted octanol–water partition coefficient (Wildman–Crippen LogP) is 14.6. The van der Waals surface area contributed by atoms with Gasteiger partial charge in [-0.05, 0) is 107 Å². The first kappa shape index (κ1) is 33.0. The third-order valence-corrected chi connectivity index (χ3v) is 11.4. The highest BCUT2D eigenvalue weighted by molar-refractivity contribution is 6.07. The lowest BCUT2D eigenvalue weighted by Gasteiger charge is -2.30. The molecular formula is C52H37N3O2. The van der Waals surface area contributed by atoms with Crippen molar-refractivity contribution < 1.29 is 8.83 Å². The number of para-hydroxylation sites is 3. The van der Waals surface area contributed by atoms with Crippen molar-refractivity contribution >= 4 is 67.2 Å². The Balaban J connectivity index is 1.18. The molecule has 1 aliphatic carbocycles. The SMILES string of the molecule is CC1(C)c2ccccc2-c2ccc(N(c3ccccc3)c3cc(N(c4ccccc4)c4ccc5oc6ccccc6c5c4)cc4nc(-c5ccccc5)oc34)cc21. The molecule has 2 heterocycles. The molecule has 0 amide bonds. The monoisotopic (exact) mass is 735 g/mol. The molecule has 0 bridgehead atoms. The van der Waals surface area contributed by atoms with Crippen molar-refractivity contribution in [1.82, 2.24) is 4.98 Å². The number of rotatable bonds is 7. The number of anilines is 6. The van der Waals surface area contributed by atoms with Crippen LogP contribution in [0.25, 0.3) is 55.6 Å². The molecule has 0 radical (unpaired) electrons. The molecule has 2 aromatic heterocycles. The Kier molecular flexibility index (Phi) is 7.45. The average Bonchev–Trinajstić information content (AvgIpc) is 3.93. The van der Waals surface area contributed by atoms with Crippen molar-refractivity contribution in [3.63, 3.8) is 0 Å². The van der Waals surface area contributed by atoms with Gasteiger partial charge in [0.05, 0.1) is 11.4 Å². The zero-order valence-corrected chi connectivity index (χ0v) is 31.6. The van der Waals surface area contributed by atoms with E-state index in [2.05, 4.69) is 169 Å². The first-order valence-corrected chi connectivity index (χ1v) is 19.4. The smallest absolute Gasteiger partial charge is 0.227 e. The normalized spacial score (nSPS) is 12.9. The van der Waals surface area contributed by atoms with Gasteiger partial charge in [-0.15, -0.1) is 0 Å². The number of benzene rings is 8. The topological polar surface area (TPSA) is 45.7 Å². The fraction of sp³-hybridized carbons (Fsp3) is 0.0577. The summed E-state index contributed by atoms with van der Waals surface area (Å²) in [5.41, 5.74) is 15.0. The van der Waals surface area contributed by atoms with Gasteiger partial charge in [0, 0.05) is 44.5 Å². The molecule has 10 aromatic rings. The van der Waals surface area contributed by atoms with Gasteiger partial charge < -0.3 is 18.6 Å². The van der Waals surface area contributed by atoms with Gasteiger partial charge in [0.2, 0.25) is 5.89 Å². The van der Waals surface area contributed by atoms with E-state index in [9.17, 15) is 0 Å². The lowest BCUT2D eigenvalue weighted by atomic mass is 9.82. The van der Waals surface area contributed by atoms with Crippen LogP contribution in [0.3, 0.4) is 0 Å². The van der Waals surface area contributed by atoms with E-state index in [1.807, 2.05) is 42.5 Å². The number of oxazole rings is 1. The van der Waals surface area contributed by atoms with Crippen LogP contribution in [-0.2, 0) is 5.41 Å². The molecule has 5 heteroatoms. The van der Waals surface area contributed by atoms with Crippen LogP contribution in [0.15, 0.2) is 197 Å². The number of furan rings is 1. The number of nitrogens with zero attached hydrogens (tertiary/aromatic N) is 3. The first-order chi connectivity index (χ1) is 28.0. The zero-order valence-electron chi connectivity index (χ0n) is 31.6. The van der Waals surface area contributed by atoms with Gasteiger partial charge in [0.15, 0.2) is 5.58 Å². The largest absolute Gasteiger partial charge is 0.456 e. The van der Waals surface area contributed by atoms with Crippen LogP contribution in [0.2, 0.25) is 0 Å². The fourth-order valence-corrected chi connectivity index (χ4v) is 8.71. The van der Waals surface area contributed by atoms with E-state index in [0.29, 0.717) is 11.5 Å². The third-order valence-electron chi connectivity index (χ3n) is 11.4. The molecule has 8 aromatic carbocycles. The minimum Gasteiger partial charge on any atom is -0.456 e. The van der Waals surface area contributed by atoms with Crippen LogP contribution >= 0.6 is 0 Å². The Hall–Kier alpha value is -7.37. The van der Waals surface area contributed by atoms with E-state index in [-0.39, 0.29) is 5.41 Å². The number of hydrogen-bond donors (Lipinski definition) is 0. The Morgan fingerprint density at radius 2 is 1.05 bits per heavy atom. The Morgan fingerprint density at radius 1 is 0.439 bits per heavy atom. The summed E-state index contributed by atoms with van der Waals surface area (Å²) in [4.78, 5) is 9.82. The van der Waals surface area contributed by atoms with Crippen LogP contribution in [0, 0.1) is 0 Å². The summed E-state index contributed by atoms with van der Waals surface area (Å²) in [6.45, 7) is 4.65. The Bertz CT molecular complexity index is 3110. The van der Waals surface area contributed by atoms with E-state index in [4.69, 9.17) is 13.8 Å². The lowest BCUT2D eigenvalue weighted by molar-refractivity contribution is 0.620. The highest BCUT2D eigenvalue weighted by Crippen LogP contribution is 2.52. The molecule has 0 fully saturated rings. The van der Waals surface area contributed by atoms with Crippen molar-refractivity contribution in [2.75, 3.05) is 9.80 Å². The molecule has 0 atom stereocenters. The predicted molar refractivity (Wildman–Crippen MR) is 234 cm³/mol. The number of fused-ring (bicyclic) bond motifs is 7. The van der Waals surface area contributed by atoms with Crippen molar-refractivity contribution in [2.24, 2.45) is 0 Å². The molecule has 57 heavy (non-hydrogen) atoms. The van der Waals surface area contributed by atoms with Gasteiger partial charge in [-0.25, -0.2) is 4.98 Å². The maximum atomic E-state index is 6.85. The summed E-state index contributed by atoms with van der Waals surface area (Å²) in [5, 5.41) is 2.14. The molecule has 0 spiro atoms. The second-order valence-electron chi connectivity index (χ2n) is 15.2. The minimum atomic E-state index is -0.172. The Morgan fingerprint density at radius 3 is 1.84 bits per heavy atom. The van der Waals surface area contributed by atoms with E-state index in [1.165, 1.54) is 22.3 Å². The van der Waals surface area contributed by atoms with Crippen molar-refractivity contribution in [3.8, 4) is 22.6 Å². The van der Waals surface area contributed by atoms with E-state index in [0.717, 1.165) is 67.1 Å². The second-order valence-corrected chi connectivity index (χ2v) is 15.2. The summed E-state index contributed by atoms with van der Waals surface area (Å²) in [6.07, 6.45) is 0. The third kappa shape index (κ3) is 5.35. The van der Waals surface area contributed by atoms with Crippen molar-refractivity contribution in [2.45, 2.75) is 19.3 Å². The van der Waals surface area contributed by atoms with Crippen LogP contribution in [0.5, 0.6) is 0 Å². The maximum Gasteiger partial charge on any atom is 0.227 e. The maximum absolute atomic E-state index is 6.85. The molecule has 0 aliphatic heterocycles. The molecular weight excluding hydrogens is 699 g/mol.